The van der Waals surface area contributed by atoms with Gasteiger partial charge < -0.3 is 39.5 Å². The Morgan fingerprint density at radius 1 is 0.864 bits per heavy atom. The van der Waals surface area contributed by atoms with Gasteiger partial charge in [-0.25, -0.2) is 4.79 Å². The zero-order chi connectivity index (χ0) is 46.7. The van der Waals surface area contributed by atoms with Gasteiger partial charge in [-0.05, 0) is 97.0 Å². The maximum atomic E-state index is 15.1. The Kier molecular flexibility index (Phi) is 20.0. The first-order chi connectivity index (χ1) is 32.3. The van der Waals surface area contributed by atoms with Crippen LogP contribution < -0.4 is 14.8 Å². The van der Waals surface area contributed by atoms with E-state index in [2.05, 4.69) is 31.8 Å². The van der Waals surface area contributed by atoms with Gasteiger partial charge in [0.15, 0.2) is 0 Å². The number of nitrogens with one attached hydrogen (secondary N) is 1. The lowest BCUT2D eigenvalue weighted by atomic mass is 9.55. The first kappa shape index (κ1) is 50.7. The van der Waals surface area contributed by atoms with Crippen LogP contribution >= 0.6 is 0 Å². The quantitative estimate of drug-likeness (QED) is 0.0372. The Labute approximate surface area is 394 Å². The molecule has 360 valence electrons. The second-order valence-corrected chi connectivity index (χ2v) is 18.5. The van der Waals surface area contributed by atoms with Crippen molar-refractivity contribution in [3.05, 3.63) is 96.1 Å². The normalized spacial score (nSPS) is 22.5. The van der Waals surface area contributed by atoms with E-state index >= 15 is 4.79 Å². The molecule has 11 heteroatoms. The maximum absolute atomic E-state index is 15.1. The van der Waals surface area contributed by atoms with Gasteiger partial charge in [0.1, 0.15) is 24.7 Å². The maximum Gasteiger partial charge on any atom is 0.412 e. The van der Waals surface area contributed by atoms with Gasteiger partial charge in [0, 0.05) is 49.8 Å². The highest BCUT2D eigenvalue weighted by molar-refractivity contribution is 6.04. The van der Waals surface area contributed by atoms with Gasteiger partial charge in [-0.2, -0.15) is 0 Å². The number of ether oxygens (including phenoxy) is 3. The van der Waals surface area contributed by atoms with Crippen molar-refractivity contribution in [3.63, 3.8) is 0 Å². The van der Waals surface area contributed by atoms with Gasteiger partial charge in [0.2, 0.25) is 5.79 Å². The van der Waals surface area contributed by atoms with Crippen LogP contribution in [-0.4, -0.2) is 84.7 Å². The molecule has 0 bridgehead atoms. The van der Waals surface area contributed by atoms with E-state index in [1.54, 1.807) is 19.3 Å². The van der Waals surface area contributed by atoms with Gasteiger partial charge in [0.05, 0.1) is 18.2 Å². The van der Waals surface area contributed by atoms with E-state index in [1.807, 2.05) is 59.5 Å². The molecule has 6 rings (SSSR count). The fourth-order valence-electron chi connectivity index (χ4n) is 10.9. The highest BCUT2D eigenvalue weighted by Gasteiger charge is 2.65. The summed E-state index contributed by atoms with van der Waals surface area (Å²) in [5.41, 5.74) is 3.15. The predicted molar refractivity (Wildman–Crippen MR) is 263 cm³/mol. The average Bonchev–Trinajstić information content (AvgIpc) is 3.33. The van der Waals surface area contributed by atoms with Crippen LogP contribution in [0.5, 0.6) is 11.5 Å². The number of benzene rings is 3. The standard InChI is InChI=1S/C55H77N3O8/c1-5-8-9-10-11-12-13-14-15-20-31-56-54(62)65-44-29-30-49-47(38-44)51-45(26-19-22-34-60)42(25-18-21-33-59)37-46-48(57-63-4)39-50(55(66-49,52(46)51)64-35-7-3)58(32-6-2)53(61)43-28-27-40-23-16-17-24-41(40)36-43/h7,16-17,23-24,27-30,36-38,42,45,50-52,59-60H,3,5-6,8-15,18-22,25-26,31-35,39H2,1-2,4H3,(H,56,62)/t42-,45+,50-,51+,52+,55+/m0/s1. The van der Waals surface area contributed by atoms with Crippen molar-refractivity contribution in [2.24, 2.45) is 22.9 Å². The van der Waals surface area contributed by atoms with Crippen LogP contribution in [-0.2, 0) is 9.57 Å². The van der Waals surface area contributed by atoms with Gasteiger partial charge in [-0.15, -0.1) is 6.58 Å². The monoisotopic (exact) mass is 908 g/mol. The van der Waals surface area contributed by atoms with Crippen molar-refractivity contribution in [2.45, 2.75) is 147 Å². The van der Waals surface area contributed by atoms with Crippen molar-refractivity contribution in [2.75, 3.05) is 40.0 Å². The number of oxime groups is 1. The summed E-state index contributed by atoms with van der Waals surface area (Å²) in [7, 11) is 1.55. The molecule has 1 fully saturated rings. The van der Waals surface area contributed by atoms with Gasteiger partial charge >= 0.3 is 6.09 Å². The lowest BCUT2D eigenvalue weighted by Crippen LogP contribution is -2.70. The fraction of sp³-hybridized carbons (Fsp3) is 0.582. The van der Waals surface area contributed by atoms with E-state index < -0.39 is 23.8 Å². The first-order valence-electron chi connectivity index (χ1n) is 25.2. The molecule has 1 saturated carbocycles. The summed E-state index contributed by atoms with van der Waals surface area (Å²) in [6.45, 7) is 9.71. The van der Waals surface area contributed by atoms with Crippen LogP contribution in [0.2, 0.25) is 0 Å². The van der Waals surface area contributed by atoms with Crippen LogP contribution in [0.4, 0.5) is 4.79 Å². The minimum absolute atomic E-state index is 0.0390. The molecule has 0 aromatic heterocycles. The lowest BCUT2D eigenvalue weighted by Gasteiger charge is -2.60. The minimum atomic E-state index is -1.38. The van der Waals surface area contributed by atoms with E-state index in [0.717, 1.165) is 72.6 Å². The van der Waals surface area contributed by atoms with E-state index in [4.69, 9.17) is 24.2 Å². The molecule has 0 unspecified atom stereocenters. The molecule has 6 atom stereocenters. The van der Waals surface area contributed by atoms with Gasteiger partial charge in [-0.3, -0.25) is 4.79 Å². The Morgan fingerprint density at radius 2 is 1.58 bits per heavy atom. The second kappa shape index (κ2) is 26.0. The van der Waals surface area contributed by atoms with E-state index in [0.29, 0.717) is 55.8 Å². The number of aliphatic hydroxyl groups is 2. The smallest absolute Gasteiger partial charge is 0.412 e. The number of carbonyl (C=O) groups excluding carboxylic acids is 2. The summed E-state index contributed by atoms with van der Waals surface area (Å²) in [6, 6.07) is 18.9. The summed E-state index contributed by atoms with van der Waals surface area (Å²) in [5.74, 6) is -1.08. The number of hydrogen-bond acceptors (Lipinski definition) is 9. The molecular weight excluding hydrogens is 831 g/mol. The molecule has 3 N–H and O–H groups in total. The number of fused-ring (bicyclic) bond motifs is 3. The van der Waals surface area contributed by atoms with E-state index in [9.17, 15) is 15.0 Å². The second-order valence-electron chi connectivity index (χ2n) is 18.5. The molecule has 3 aromatic carbocycles. The zero-order valence-corrected chi connectivity index (χ0v) is 40.0. The van der Waals surface area contributed by atoms with E-state index in [1.165, 1.54) is 44.9 Å². The number of amides is 2. The third kappa shape index (κ3) is 12.4. The summed E-state index contributed by atoms with van der Waals surface area (Å²) < 4.78 is 20.5. The molecule has 0 spiro atoms. The molecule has 3 aliphatic rings. The van der Waals surface area contributed by atoms with Gasteiger partial charge in [0.25, 0.3) is 5.91 Å². The van der Waals surface area contributed by atoms with Gasteiger partial charge in [-0.1, -0.05) is 132 Å². The van der Waals surface area contributed by atoms with E-state index in [-0.39, 0.29) is 43.5 Å². The van der Waals surface area contributed by atoms with Crippen LogP contribution in [0, 0.1) is 17.8 Å². The Bertz CT molecular complexity index is 2090. The van der Waals surface area contributed by atoms with Crippen LogP contribution in [0.15, 0.2) is 90.1 Å². The summed E-state index contributed by atoms with van der Waals surface area (Å²) in [4.78, 5) is 36.0. The molecular formula is C55H77N3O8. The molecule has 1 heterocycles. The molecule has 2 amide bonds. The molecule has 0 saturated heterocycles. The minimum Gasteiger partial charge on any atom is -0.459 e. The third-order valence-electron chi connectivity index (χ3n) is 14.0. The average molecular weight is 908 g/mol. The lowest BCUT2D eigenvalue weighted by molar-refractivity contribution is -0.254. The number of nitrogens with zero attached hydrogens (tertiary/aromatic N) is 2. The molecule has 2 aliphatic carbocycles. The number of unbranched alkanes of at least 4 members (excludes halogenated alkanes) is 11. The van der Waals surface area contributed by atoms with Crippen LogP contribution in [0.25, 0.3) is 10.8 Å². The Morgan fingerprint density at radius 3 is 2.27 bits per heavy atom. The third-order valence-corrected chi connectivity index (χ3v) is 14.0. The first-order valence-corrected chi connectivity index (χ1v) is 25.2. The Hall–Kier alpha value is -4.71. The Balaban J connectivity index is 1.38. The van der Waals surface area contributed by atoms with Crippen molar-refractivity contribution in [3.8, 4) is 11.5 Å². The van der Waals surface area contributed by atoms with Crippen molar-refractivity contribution >= 4 is 28.5 Å². The van der Waals surface area contributed by atoms with Crippen molar-refractivity contribution in [1.29, 1.82) is 0 Å². The highest BCUT2D eigenvalue weighted by atomic mass is 16.7. The largest absolute Gasteiger partial charge is 0.459 e. The van der Waals surface area contributed by atoms with Crippen molar-refractivity contribution in [1.82, 2.24) is 10.2 Å². The number of allylic oxidation sites excluding steroid dienone is 1. The number of rotatable bonds is 28. The molecule has 3 aromatic rings. The molecule has 0 radical (unpaired) electrons. The van der Waals surface area contributed by atoms with Crippen LogP contribution in [0.1, 0.15) is 151 Å². The number of aliphatic hydroxyl groups excluding tert-OH is 2. The van der Waals surface area contributed by atoms with Crippen LogP contribution in [0.3, 0.4) is 0 Å². The number of hydrogen-bond donors (Lipinski definition) is 3. The predicted octanol–water partition coefficient (Wildman–Crippen LogP) is 11.7. The highest BCUT2D eigenvalue weighted by Crippen LogP contribution is 2.62. The summed E-state index contributed by atoms with van der Waals surface area (Å²) in [6.07, 6.45) is 21.3. The molecule has 66 heavy (non-hydrogen) atoms. The fourth-order valence-corrected chi connectivity index (χ4v) is 10.9. The SMILES string of the molecule is C=CCO[C@@]12Oc3ccc(OC(=O)NCCCCCCCCCCCC)cc3[C@H]3[C@H](CCCCO)[C@@H](CCCCO)C=C(C(=NOC)C[C@@H]1N(CCC)C(=O)c1ccc4ccccc4c1)[C@H]32. The molecule has 1 aliphatic heterocycles. The topological polar surface area (TPSA) is 139 Å². The summed E-state index contributed by atoms with van der Waals surface area (Å²) >= 11 is 0. The van der Waals surface area contributed by atoms with Crippen molar-refractivity contribution < 1.29 is 38.9 Å². The number of carbonyl (C=O) groups is 2. The molecule has 11 nitrogen and oxygen atoms in total. The summed E-state index contributed by atoms with van der Waals surface area (Å²) in [5, 5.41) is 29.6. The zero-order valence-electron chi connectivity index (χ0n) is 40.0.